The number of halogens is 1. The number of benzene rings is 5. The van der Waals surface area contributed by atoms with Crippen LogP contribution in [0.2, 0.25) is 5.02 Å². The molecule has 0 saturated carbocycles. The molecule has 0 unspecified atom stereocenters. The molecule has 10 atom stereocenters. The number of aliphatic carboxylic acids is 1. The monoisotopic (exact) mass is 1580 g/mol. The Balaban J connectivity index is 1.21. The van der Waals surface area contributed by atoms with Crippen LogP contribution in [0.15, 0.2) is 140 Å². The standard InChI is InChI=1S/C81H102ClN15O16/c1-46(2)38-63(71(102)89-62(19-12-13-36-84-47(3)4)80(111)97-37-15-20-69(97)77(108)85-48(5)81(112)113)93-78(109)70(96(9)79(110)57-27-33-61(34-28-57)87-50(7)100)95-75(106)66(41-53-24-31-60(32-25-53)86-49(6)99)92-76(107)68(45-98)94-74(105)67(43-55-16-14-35-83-44-55)91-73(104)65(40-52-22-29-59(82)30-23-52)90-72(103)64(88-51(8)101)42-54-21-26-56-17-10-11-18-58(56)39-54/h10-11,14,16-18,21-35,39,44,46-48,62-70,84,98H,12-13,15,19-20,36-38,40-43,45H2,1-9H3,(H,85,108)(H,86,99)(H,87,100)(H,88,101)(H,89,102)(H,90,103)(H,91,104)(H,92,107)(H,93,109)(H,94,105)(H,95,106)(H,112,113)/t48-,62+,63+,64-,65-,66+,67-,68+,69+,70-/m1/s1. The molecule has 1 aliphatic rings. The summed E-state index contributed by atoms with van der Waals surface area (Å²) in [6, 6.07) is 21.3. The van der Waals surface area contributed by atoms with E-state index in [1.807, 2.05) is 56.3 Å². The number of carbonyl (C=O) groups excluding carboxylic acids is 13. The third-order valence-corrected chi connectivity index (χ3v) is 18.8. The van der Waals surface area contributed by atoms with Crippen molar-refractivity contribution < 1.29 is 77.3 Å². The van der Waals surface area contributed by atoms with Crippen molar-refractivity contribution in [2.75, 3.05) is 37.4 Å². The summed E-state index contributed by atoms with van der Waals surface area (Å²) in [6.45, 7) is 12.0. The molecule has 2 heterocycles. The molecule has 13 amide bonds. The first-order valence-electron chi connectivity index (χ1n) is 37.5. The predicted molar refractivity (Wildman–Crippen MR) is 423 cm³/mol. The maximum absolute atomic E-state index is 15.4. The fourth-order valence-corrected chi connectivity index (χ4v) is 12.9. The molecular weight excluding hydrogens is 1470 g/mol. The Morgan fingerprint density at radius 3 is 1.56 bits per heavy atom. The van der Waals surface area contributed by atoms with Crippen LogP contribution >= 0.6 is 11.6 Å². The van der Waals surface area contributed by atoms with E-state index >= 15 is 9.59 Å². The molecular formula is C81H102ClN15O16. The summed E-state index contributed by atoms with van der Waals surface area (Å²) >= 11 is 6.26. The number of likely N-dealkylation sites (N-methyl/N-ethyl adjacent to an activating group) is 1. The SMILES string of the molecule is CC(=O)Nc1ccc(C[C@H](NC(=O)[C@H](CO)NC(=O)[C@@H](Cc2cccnc2)NC(=O)[C@@H](Cc2ccc(Cl)cc2)NC(=O)[C@@H](Cc2ccc3ccccc3c2)NC(C)=O)C(=O)N[C@@H](C(=O)N[C@@H](CC(C)C)C(=O)N[C@@H](CCCCNC(C)C)C(=O)N2CCC[C@H]2C(=O)N[C@H](C)C(=O)O)N(C)C(=O)c2ccc(NC(C)=O)cc2)cc1. The number of hydrogen-bond donors (Lipinski definition) is 14. The highest BCUT2D eigenvalue weighted by molar-refractivity contribution is 6.30. The van der Waals surface area contributed by atoms with Crippen molar-refractivity contribution in [3.05, 3.63) is 173 Å². The summed E-state index contributed by atoms with van der Waals surface area (Å²) in [5, 5.41) is 55.2. The first kappa shape index (κ1) is 88.5. The molecule has 0 spiro atoms. The van der Waals surface area contributed by atoms with Gasteiger partial charge >= 0.3 is 5.97 Å². The van der Waals surface area contributed by atoms with Crippen LogP contribution in [0.5, 0.6) is 0 Å². The maximum Gasteiger partial charge on any atom is 0.325 e. The number of unbranched alkanes of at least 4 members (excludes halogenated alkanes) is 1. The quantitative estimate of drug-likeness (QED) is 0.0193. The van der Waals surface area contributed by atoms with Gasteiger partial charge in [-0.2, -0.15) is 0 Å². The Hall–Kier alpha value is -11.7. The van der Waals surface area contributed by atoms with Crippen LogP contribution in [0.3, 0.4) is 0 Å². The number of aliphatic hydroxyl groups excluding tert-OH is 1. The third kappa shape index (κ3) is 27.9. The molecule has 1 fully saturated rings. The van der Waals surface area contributed by atoms with E-state index in [0.717, 1.165) is 15.7 Å². The number of carboxylic acid groups (broad SMARTS) is 1. The minimum atomic E-state index is -2.07. The average Bonchev–Trinajstić information content (AvgIpc) is 1.81. The van der Waals surface area contributed by atoms with Gasteiger partial charge in [0.05, 0.1) is 6.61 Å². The van der Waals surface area contributed by atoms with Gasteiger partial charge in [-0.25, -0.2) is 0 Å². The molecule has 1 aromatic heterocycles. The second-order valence-corrected chi connectivity index (χ2v) is 29.2. The number of amides is 13. The minimum Gasteiger partial charge on any atom is -0.480 e. The van der Waals surface area contributed by atoms with Gasteiger partial charge in [0, 0.05) is 100 Å². The van der Waals surface area contributed by atoms with Crippen molar-refractivity contribution in [2.45, 2.75) is 186 Å². The van der Waals surface area contributed by atoms with E-state index in [2.05, 4.69) is 68.8 Å². The van der Waals surface area contributed by atoms with E-state index in [0.29, 0.717) is 64.5 Å². The molecule has 31 nitrogen and oxygen atoms in total. The molecule has 1 aliphatic heterocycles. The Morgan fingerprint density at radius 2 is 1.02 bits per heavy atom. The normalized spacial score (nSPS) is 14.9. The van der Waals surface area contributed by atoms with Crippen molar-refractivity contribution in [3.8, 4) is 0 Å². The smallest absolute Gasteiger partial charge is 0.325 e. The Bertz CT molecular complexity index is 4340. The predicted octanol–water partition coefficient (Wildman–Crippen LogP) is 3.49. The average molecular weight is 1580 g/mol. The van der Waals surface area contributed by atoms with Gasteiger partial charge in [0.2, 0.25) is 65.0 Å². The number of hydrogen-bond acceptors (Lipinski definition) is 17. The summed E-state index contributed by atoms with van der Waals surface area (Å²) in [6.07, 6.45) is 1.46. The summed E-state index contributed by atoms with van der Waals surface area (Å²) in [5.41, 5.74) is 2.54. The number of pyridine rings is 1. The molecule has 5 aromatic carbocycles. The van der Waals surface area contributed by atoms with Crippen LogP contribution < -0.4 is 63.8 Å². The van der Waals surface area contributed by atoms with Crippen LogP contribution in [0.1, 0.15) is 127 Å². The molecule has 604 valence electrons. The molecule has 7 rings (SSSR count). The summed E-state index contributed by atoms with van der Waals surface area (Å²) < 4.78 is 0. The minimum absolute atomic E-state index is 0.00978. The Kier molecular flexibility index (Phi) is 33.8. The third-order valence-electron chi connectivity index (χ3n) is 18.6. The van der Waals surface area contributed by atoms with Crippen molar-refractivity contribution in [1.29, 1.82) is 0 Å². The molecule has 113 heavy (non-hydrogen) atoms. The van der Waals surface area contributed by atoms with Crippen molar-refractivity contribution in [3.63, 3.8) is 0 Å². The number of aromatic nitrogens is 1. The Labute approximate surface area is 660 Å². The zero-order valence-electron chi connectivity index (χ0n) is 64.7. The number of nitrogens with one attached hydrogen (secondary N) is 12. The van der Waals surface area contributed by atoms with E-state index in [-0.39, 0.29) is 62.6 Å². The molecule has 32 heteroatoms. The van der Waals surface area contributed by atoms with Gasteiger partial charge in [-0.15, -0.1) is 0 Å². The first-order valence-corrected chi connectivity index (χ1v) is 37.8. The van der Waals surface area contributed by atoms with E-state index in [4.69, 9.17) is 11.6 Å². The topological polar surface area (TPSA) is 443 Å². The van der Waals surface area contributed by atoms with E-state index in [1.54, 1.807) is 50.2 Å². The van der Waals surface area contributed by atoms with Gasteiger partial charge in [-0.1, -0.05) is 112 Å². The van der Waals surface area contributed by atoms with Gasteiger partial charge in [0.15, 0.2) is 6.17 Å². The number of carbonyl (C=O) groups is 14. The van der Waals surface area contributed by atoms with Crippen LogP contribution in [-0.4, -0.2) is 201 Å². The van der Waals surface area contributed by atoms with Crippen LogP contribution in [0.25, 0.3) is 10.8 Å². The van der Waals surface area contributed by atoms with Crippen molar-refractivity contribution in [1.82, 2.24) is 68.0 Å². The van der Waals surface area contributed by atoms with E-state index in [9.17, 15) is 67.7 Å². The zero-order chi connectivity index (χ0) is 82.6. The number of rotatable bonds is 40. The van der Waals surface area contributed by atoms with E-state index in [1.165, 1.54) is 101 Å². The van der Waals surface area contributed by atoms with Crippen molar-refractivity contribution in [2.24, 2.45) is 5.92 Å². The van der Waals surface area contributed by atoms with Gasteiger partial charge < -0.3 is 83.8 Å². The van der Waals surface area contributed by atoms with Gasteiger partial charge in [-0.05, 0) is 146 Å². The molecule has 0 aliphatic carbocycles. The van der Waals surface area contributed by atoms with Gasteiger partial charge in [-0.3, -0.25) is 72.1 Å². The lowest BCUT2D eigenvalue weighted by Crippen LogP contribution is -2.64. The van der Waals surface area contributed by atoms with E-state index < -0.39 is 156 Å². The fraction of sp³-hybridized carbons (Fsp3) is 0.420. The second-order valence-electron chi connectivity index (χ2n) is 28.7. The molecule has 6 aromatic rings. The molecule has 1 saturated heterocycles. The summed E-state index contributed by atoms with van der Waals surface area (Å²) in [4.78, 5) is 203. The van der Waals surface area contributed by atoms with Crippen LogP contribution in [0, 0.1) is 5.92 Å². The highest BCUT2D eigenvalue weighted by Gasteiger charge is 2.41. The number of carboxylic acids is 1. The fourth-order valence-electron chi connectivity index (χ4n) is 12.8. The van der Waals surface area contributed by atoms with Gasteiger partial charge in [0.25, 0.3) is 11.8 Å². The summed E-state index contributed by atoms with van der Waals surface area (Å²) in [7, 11) is 1.17. The zero-order valence-corrected chi connectivity index (χ0v) is 65.5. The Morgan fingerprint density at radius 1 is 0.522 bits per heavy atom. The lowest BCUT2D eigenvalue weighted by Gasteiger charge is -2.33. The second kappa shape index (κ2) is 43.2. The molecule has 0 bridgehead atoms. The number of likely N-dealkylation sites (tertiary alicyclic amines) is 1. The number of aliphatic hydroxyl groups is 1. The van der Waals surface area contributed by atoms with Crippen LogP contribution in [-0.2, 0) is 88.0 Å². The molecule has 14 N–H and O–H groups in total. The largest absolute Gasteiger partial charge is 0.480 e. The number of nitrogens with zero attached hydrogens (tertiary/aromatic N) is 3. The highest BCUT2D eigenvalue weighted by atomic mass is 35.5. The van der Waals surface area contributed by atoms with Gasteiger partial charge in [0.1, 0.15) is 54.4 Å². The number of fused-ring (bicyclic) bond motifs is 1. The maximum atomic E-state index is 15.4. The van der Waals surface area contributed by atoms with Crippen LogP contribution in [0.4, 0.5) is 11.4 Å². The highest BCUT2D eigenvalue weighted by Crippen LogP contribution is 2.23. The first-order chi connectivity index (χ1) is 53.7. The molecule has 0 radical (unpaired) electrons. The number of anilines is 2. The lowest BCUT2D eigenvalue weighted by atomic mass is 9.99. The van der Waals surface area contributed by atoms with Crippen molar-refractivity contribution >= 4 is 117 Å². The summed E-state index contributed by atoms with van der Waals surface area (Å²) in [5.74, 6) is -12.3. The lowest BCUT2D eigenvalue weighted by molar-refractivity contribution is -0.144.